The minimum absolute atomic E-state index is 0.206. The highest BCUT2D eigenvalue weighted by Crippen LogP contribution is 2.43. The molecular weight excluding hydrogens is 384 g/mol. The zero-order valence-electron chi connectivity index (χ0n) is 19.9. The molecule has 4 nitrogen and oxygen atoms in total. The Balaban J connectivity index is 0.00000166. The van der Waals surface area contributed by atoms with Gasteiger partial charge in [0.15, 0.2) is 0 Å². The van der Waals surface area contributed by atoms with Crippen molar-refractivity contribution in [2.45, 2.75) is 53.0 Å². The van der Waals surface area contributed by atoms with Crippen LogP contribution in [0.5, 0.6) is 0 Å². The lowest BCUT2D eigenvalue weighted by atomic mass is 9.67. The van der Waals surface area contributed by atoms with E-state index in [1.165, 1.54) is 12.5 Å². The molecule has 3 rings (SSSR count). The van der Waals surface area contributed by atoms with Gasteiger partial charge < -0.3 is 10.2 Å². The molecule has 3 atom stereocenters. The molecule has 0 aromatic carbocycles. The van der Waals surface area contributed by atoms with Gasteiger partial charge in [-0.3, -0.25) is 9.80 Å². The molecule has 0 spiro atoms. The molecule has 2 unspecified atom stereocenters. The highest BCUT2D eigenvalue weighted by atomic mass is 16.3. The Morgan fingerprint density at radius 1 is 1.26 bits per heavy atom. The Hall–Kier alpha value is -2.04. The van der Waals surface area contributed by atoms with Gasteiger partial charge in [0.1, 0.15) is 11.5 Å². The molecule has 2 saturated heterocycles. The van der Waals surface area contributed by atoms with Gasteiger partial charge in [0.25, 0.3) is 0 Å². The van der Waals surface area contributed by atoms with E-state index in [0.717, 1.165) is 51.1 Å². The Kier molecular flexibility index (Phi) is 9.86. The topological polar surface area (TPSA) is 46.9 Å². The van der Waals surface area contributed by atoms with Crippen molar-refractivity contribution in [3.8, 4) is 0 Å². The molecule has 172 valence electrons. The summed E-state index contributed by atoms with van der Waals surface area (Å²) in [5.74, 6) is 1.27. The minimum atomic E-state index is 0.206. The van der Waals surface area contributed by atoms with Crippen molar-refractivity contribution in [1.82, 2.24) is 9.80 Å². The van der Waals surface area contributed by atoms with E-state index in [1.54, 1.807) is 12.2 Å². The number of rotatable bonds is 6. The SMILES string of the molecule is C=C/C(O)=C\C=C/C[C@]1(C)CC2CN(CC3=C(O)C=CC=CC3)CCN2CC1C.CC. The van der Waals surface area contributed by atoms with E-state index in [2.05, 4.69) is 42.4 Å². The second-order valence-electron chi connectivity index (χ2n) is 9.05. The fraction of sp³-hybridized carbons (Fsp3) is 0.556. The normalized spacial score (nSPS) is 30.0. The van der Waals surface area contributed by atoms with Crippen LogP contribution in [0.1, 0.15) is 47.0 Å². The van der Waals surface area contributed by atoms with Crippen molar-refractivity contribution in [3.05, 3.63) is 72.3 Å². The van der Waals surface area contributed by atoms with Crippen molar-refractivity contribution < 1.29 is 10.2 Å². The number of aliphatic hydroxyl groups excluding tert-OH is 2. The average molecular weight is 427 g/mol. The first-order chi connectivity index (χ1) is 14.9. The number of nitrogens with zero attached hydrogens (tertiary/aromatic N) is 2. The van der Waals surface area contributed by atoms with Crippen molar-refractivity contribution >= 4 is 0 Å². The van der Waals surface area contributed by atoms with Crippen LogP contribution < -0.4 is 0 Å². The van der Waals surface area contributed by atoms with Gasteiger partial charge in [0, 0.05) is 38.8 Å². The third-order valence-electron chi connectivity index (χ3n) is 6.93. The van der Waals surface area contributed by atoms with Crippen molar-refractivity contribution in [2.24, 2.45) is 11.3 Å². The fourth-order valence-corrected chi connectivity index (χ4v) is 4.78. The Morgan fingerprint density at radius 2 is 2.03 bits per heavy atom. The molecule has 3 aliphatic rings. The highest BCUT2D eigenvalue weighted by molar-refractivity contribution is 5.28. The molecule has 1 aliphatic carbocycles. The molecule has 2 aliphatic heterocycles. The predicted octanol–water partition coefficient (Wildman–Crippen LogP) is 5.95. The Labute approximate surface area is 189 Å². The average Bonchev–Trinajstić information content (AvgIpc) is 2.97. The summed E-state index contributed by atoms with van der Waals surface area (Å²) >= 11 is 0. The number of piperazine rings is 1. The molecule has 2 heterocycles. The molecule has 0 bridgehead atoms. The molecule has 0 aromatic heterocycles. The predicted molar refractivity (Wildman–Crippen MR) is 132 cm³/mol. The molecule has 0 amide bonds. The molecule has 2 fully saturated rings. The first-order valence-electron chi connectivity index (χ1n) is 11.8. The zero-order chi connectivity index (χ0) is 22.9. The quantitative estimate of drug-likeness (QED) is 0.407. The van der Waals surface area contributed by atoms with Crippen molar-refractivity contribution in [1.29, 1.82) is 0 Å². The van der Waals surface area contributed by atoms with Gasteiger partial charge in [-0.2, -0.15) is 0 Å². The third-order valence-corrected chi connectivity index (χ3v) is 6.93. The largest absolute Gasteiger partial charge is 0.508 e. The second kappa shape index (κ2) is 12.1. The number of allylic oxidation sites excluding steroid dienone is 8. The summed E-state index contributed by atoms with van der Waals surface area (Å²) in [6.45, 7) is 17.6. The molecule has 0 saturated carbocycles. The van der Waals surface area contributed by atoms with Gasteiger partial charge in [-0.15, -0.1) is 0 Å². The summed E-state index contributed by atoms with van der Waals surface area (Å²) in [5, 5.41) is 19.8. The fourth-order valence-electron chi connectivity index (χ4n) is 4.78. The maximum atomic E-state index is 10.3. The number of piperidine rings is 1. The van der Waals surface area contributed by atoms with Crippen LogP contribution in [-0.2, 0) is 0 Å². The number of hydrogen-bond donors (Lipinski definition) is 2. The molecule has 0 radical (unpaired) electrons. The Bertz CT molecular complexity index is 746. The number of aliphatic hydroxyl groups is 2. The summed E-state index contributed by atoms with van der Waals surface area (Å²) in [4.78, 5) is 5.17. The van der Waals surface area contributed by atoms with Crippen LogP contribution in [0.2, 0.25) is 0 Å². The number of fused-ring (bicyclic) bond motifs is 1. The molecule has 4 heteroatoms. The van der Waals surface area contributed by atoms with Crippen LogP contribution >= 0.6 is 0 Å². The lowest BCUT2D eigenvalue weighted by molar-refractivity contribution is -0.0294. The lowest BCUT2D eigenvalue weighted by Gasteiger charge is -2.53. The second-order valence-corrected chi connectivity index (χ2v) is 9.05. The van der Waals surface area contributed by atoms with Crippen LogP contribution in [0.25, 0.3) is 0 Å². The monoisotopic (exact) mass is 426 g/mol. The third kappa shape index (κ3) is 6.98. The van der Waals surface area contributed by atoms with Crippen LogP contribution in [0.4, 0.5) is 0 Å². The minimum Gasteiger partial charge on any atom is -0.508 e. The van der Waals surface area contributed by atoms with Gasteiger partial charge in [0.2, 0.25) is 0 Å². The van der Waals surface area contributed by atoms with Crippen molar-refractivity contribution in [3.63, 3.8) is 0 Å². The maximum Gasteiger partial charge on any atom is 0.116 e. The van der Waals surface area contributed by atoms with Crippen LogP contribution in [0, 0.1) is 11.3 Å². The lowest BCUT2D eigenvalue weighted by Crippen LogP contribution is -2.60. The molecule has 31 heavy (non-hydrogen) atoms. The first kappa shape index (κ1) is 25.2. The van der Waals surface area contributed by atoms with E-state index in [4.69, 9.17) is 0 Å². The van der Waals surface area contributed by atoms with Gasteiger partial charge in [-0.05, 0) is 54.4 Å². The van der Waals surface area contributed by atoms with E-state index in [-0.39, 0.29) is 11.2 Å². The summed E-state index contributed by atoms with van der Waals surface area (Å²) < 4.78 is 0. The van der Waals surface area contributed by atoms with Crippen molar-refractivity contribution in [2.75, 3.05) is 32.7 Å². The van der Waals surface area contributed by atoms with Gasteiger partial charge in [-0.25, -0.2) is 0 Å². The summed E-state index contributed by atoms with van der Waals surface area (Å²) in [6.07, 6.45) is 18.1. The highest BCUT2D eigenvalue weighted by Gasteiger charge is 2.42. The number of hydrogen-bond acceptors (Lipinski definition) is 4. The van der Waals surface area contributed by atoms with E-state index < -0.39 is 0 Å². The standard InChI is InChI=1S/C25H36N2O2.C2H6/c1-4-23(28)11-8-9-13-25(3)16-22-19-26(14-15-27(22)17-20(25)2)18-21-10-6-5-7-12-24(21)29;1-2/h4-9,11-12,20,22,28-29H,1,10,13-19H2,2-3H3;1-2H3/b9-8-,23-11+;/t20?,22?,25-;/m1./s1. The van der Waals surface area contributed by atoms with E-state index in [0.29, 0.717) is 17.7 Å². The summed E-state index contributed by atoms with van der Waals surface area (Å²) in [5.41, 5.74) is 1.38. The van der Waals surface area contributed by atoms with Gasteiger partial charge >= 0.3 is 0 Å². The van der Waals surface area contributed by atoms with Gasteiger partial charge in [0.05, 0.1) is 0 Å². The van der Waals surface area contributed by atoms with Crippen LogP contribution in [0.3, 0.4) is 0 Å². The first-order valence-corrected chi connectivity index (χ1v) is 11.8. The summed E-state index contributed by atoms with van der Waals surface area (Å²) in [7, 11) is 0. The Morgan fingerprint density at radius 3 is 2.77 bits per heavy atom. The molecule has 0 aromatic rings. The smallest absolute Gasteiger partial charge is 0.116 e. The van der Waals surface area contributed by atoms with Gasteiger partial charge in [-0.1, -0.05) is 64.7 Å². The molecule has 2 N–H and O–H groups in total. The van der Waals surface area contributed by atoms with E-state index in [1.807, 2.05) is 32.1 Å². The zero-order valence-corrected chi connectivity index (χ0v) is 19.9. The summed E-state index contributed by atoms with van der Waals surface area (Å²) in [6, 6.07) is 0.565. The van der Waals surface area contributed by atoms with Crippen LogP contribution in [0.15, 0.2) is 72.3 Å². The van der Waals surface area contributed by atoms with E-state index in [9.17, 15) is 10.2 Å². The van der Waals surface area contributed by atoms with E-state index >= 15 is 0 Å². The maximum absolute atomic E-state index is 10.3. The van der Waals surface area contributed by atoms with Crippen LogP contribution in [-0.4, -0.2) is 58.8 Å². The molecular formula is C27H42N2O2.